The molecule has 0 N–H and O–H groups in total. The van der Waals surface area contributed by atoms with Crippen molar-refractivity contribution in [3.8, 4) is 0 Å². The molecule has 1 saturated carbocycles. The van der Waals surface area contributed by atoms with E-state index in [0.717, 1.165) is 44.2 Å². The van der Waals surface area contributed by atoms with Gasteiger partial charge in [0.05, 0.1) is 5.71 Å². The third kappa shape index (κ3) is 4.59. The molecule has 126 valence electrons. The molecular weight excluding hydrogens is 298 g/mol. The lowest BCUT2D eigenvalue weighted by Crippen LogP contribution is -2.38. The van der Waals surface area contributed by atoms with Crippen molar-refractivity contribution in [1.82, 2.24) is 0 Å². The van der Waals surface area contributed by atoms with Crippen LogP contribution < -0.4 is 0 Å². The second-order valence-corrected chi connectivity index (χ2v) is 8.73. The molecule has 5 heteroatoms. The van der Waals surface area contributed by atoms with Crippen LogP contribution in [0.1, 0.15) is 66.2 Å². The van der Waals surface area contributed by atoms with Crippen LogP contribution >= 0.6 is 0 Å². The molecule has 4 nitrogen and oxygen atoms in total. The lowest BCUT2D eigenvalue weighted by atomic mass is 9.80. The molecule has 0 aromatic heterocycles. The van der Waals surface area contributed by atoms with Crippen LogP contribution in [-0.4, -0.2) is 27.6 Å². The van der Waals surface area contributed by atoms with Crippen molar-refractivity contribution in [1.29, 1.82) is 0 Å². The van der Waals surface area contributed by atoms with Crippen LogP contribution in [0, 0.1) is 5.41 Å². The number of hydrogen-bond donors (Lipinski definition) is 0. The van der Waals surface area contributed by atoms with Crippen molar-refractivity contribution in [2.75, 3.05) is 6.61 Å². The van der Waals surface area contributed by atoms with Gasteiger partial charge in [-0.3, -0.25) is 4.79 Å². The van der Waals surface area contributed by atoms with E-state index in [4.69, 9.17) is 4.74 Å². The van der Waals surface area contributed by atoms with Crippen molar-refractivity contribution < 1.29 is 14.1 Å². The van der Waals surface area contributed by atoms with Gasteiger partial charge in [0.2, 0.25) is 0 Å². The van der Waals surface area contributed by atoms with Crippen LogP contribution in [0.25, 0.3) is 0 Å². The molecule has 1 aliphatic carbocycles. The fourth-order valence-electron chi connectivity index (χ4n) is 2.65. The van der Waals surface area contributed by atoms with Gasteiger partial charge in [-0.1, -0.05) is 36.8 Å². The van der Waals surface area contributed by atoms with Gasteiger partial charge in [0.1, 0.15) is 28.1 Å². The molecule has 22 heavy (non-hydrogen) atoms. The Morgan fingerprint density at radius 3 is 2.77 bits per heavy atom. The molecule has 1 aliphatic rings. The summed E-state index contributed by atoms with van der Waals surface area (Å²) in [4.78, 5) is 12.6. The molecule has 0 saturated heterocycles. The lowest BCUT2D eigenvalue weighted by Gasteiger charge is -2.28. The molecule has 0 heterocycles. The zero-order valence-corrected chi connectivity index (χ0v) is 15.1. The highest BCUT2D eigenvalue weighted by atomic mass is 32.2. The Kier molecular flexibility index (Phi) is 7.13. The Morgan fingerprint density at radius 2 is 2.23 bits per heavy atom. The molecular formula is C17H29NO3S. The molecule has 0 aromatic carbocycles. The summed E-state index contributed by atoms with van der Waals surface area (Å²) in [6, 6.07) is 0. The fraction of sp³-hybridized carbons (Fsp3) is 0.765. The van der Waals surface area contributed by atoms with E-state index < -0.39 is 21.5 Å². The number of ether oxygens (including phenoxy) is 1. The highest BCUT2D eigenvalue weighted by molar-refractivity contribution is 7.91. The van der Waals surface area contributed by atoms with Gasteiger partial charge in [-0.2, -0.15) is 0 Å². The Bertz CT molecular complexity index is 428. The summed E-state index contributed by atoms with van der Waals surface area (Å²) in [6.45, 7) is 11.6. The number of rotatable bonds is 7. The first kappa shape index (κ1) is 19.2. The van der Waals surface area contributed by atoms with Gasteiger partial charge in [-0.05, 0) is 46.5 Å². The lowest BCUT2D eigenvalue weighted by molar-refractivity contribution is -0.150. The van der Waals surface area contributed by atoms with E-state index in [-0.39, 0.29) is 12.6 Å². The van der Waals surface area contributed by atoms with Crippen LogP contribution in [0.4, 0.5) is 0 Å². The predicted octanol–water partition coefficient (Wildman–Crippen LogP) is 3.98. The number of carbonyl (C=O) groups excluding carboxylic acids is 1. The van der Waals surface area contributed by atoms with E-state index in [9.17, 15) is 9.35 Å². The molecule has 1 rings (SSSR count). The van der Waals surface area contributed by atoms with E-state index in [1.54, 1.807) is 6.08 Å². The monoisotopic (exact) mass is 327 g/mol. The van der Waals surface area contributed by atoms with E-state index in [0.29, 0.717) is 0 Å². The highest BCUT2D eigenvalue weighted by Crippen LogP contribution is 2.42. The third-order valence-electron chi connectivity index (χ3n) is 3.97. The number of carbonyl (C=O) groups is 1. The van der Waals surface area contributed by atoms with E-state index in [1.165, 1.54) is 0 Å². The van der Waals surface area contributed by atoms with Crippen LogP contribution in [0.15, 0.2) is 17.1 Å². The maximum Gasteiger partial charge on any atom is 0.318 e. The number of esters is 1. The van der Waals surface area contributed by atoms with Gasteiger partial charge in [0.15, 0.2) is 0 Å². The van der Waals surface area contributed by atoms with Crippen molar-refractivity contribution in [2.45, 2.75) is 71.0 Å². The average molecular weight is 327 g/mol. The van der Waals surface area contributed by atoms with Gasteiger partial charge in [-0.25, -0.2) is 0 Å². The molecule has 0 bridgehead atoms. The first-order valence-corrected chi connectivity index (χ1v) is 9.16. The summed E-state index contributed by atoms with van der Waals surface area (Å²) in [7, 11) is 0. The molecule has 0 radical (unpaired) electrons. The third-order valence-corrected chi connectivity index (χ3v) is 5.40. The zero-order chi connectivity index (χ0) is 16.8. The Morgan fingerprint density at radius 1 is 1.55 bits per heavy atom. The first-order valence-electron chi connectivity index (χ1n) is 8.06. The van der Waals surface area contributed by atoms with E-state index in [1.807, 2.05) is 20.8 Å². The first-order chi connectivity index (χ1) is 10.3. The molecule has 0 spiro atoms. The molecule has 1 fully saturated rings. The molecule has 0 aliphatic heterocycles. The van der Waals surface area contributed by atoms with Crippen molar-refractivity contribution in [3.05, 3.63) is 12.7 Å². The summed E-state index contributed by atoms with van der Waals surface area (Å²) < 4.78 is 21.7. The number of unbranched alkanes of at least 4 members (excludes halogenated alkanes) is 1. The van der Waals surface area contributed by atoms with Gasteiger partial charge in [0.25, 0.3) is 0 Å². The van der Waals surface area contributed by atoms with Crippen molar-refractivity contribution in [2.24, 2.45) is 9.81 Å². The maximum absolute atomic E-state index is 12.6. The molecule has 1 unspecified atom stereocenters. The Labute approximate surface area is 137 Å². The topological polar surface area (TPSA) is 61.7 Å². The Balaban J connectivity index is 3.08. The van der Waals surface area contributed by atoms with Gasteiger partial charge in [0, 0.05) is 0 Å². The summed E-state index contributed by atoms with van der Waals surface area (Å²) in [5.74, 6) is -0.233. The normalized spacial score (nSPS) is 25.2. The second kappa shape index (κ2) is 8.16. The predicted molar refractivity (Wildman–Crippen MR) is 92.3 cm³/mol. The quantitative estimate of drug-likeness (QED) is 0.404. The largest absolute Gasteiger partial charge is 0.591 e. The van der Waals surface area contributed by atoms with Crippen LogP contribution in [0.5, 0.6) is 0 Å². The smallest absolute Gasteiger partial charge is 0.318 e. The summed E-state index contributed by atoms with van der Waals surface area (Å²) in [5.41, 5.74) is 0.0863. The van der Waals surface area contributed by atoms with Crippen molar-refractivity contribution >= 4 is 23.0 Å². The molecule has 2 atom stereocenters. The number of hydrogen-bond acceptors (Lipinski definition) is 4. The highest BCUT2D eigenvalue weighted by Gasteiger charge is 2.49. The minimum absolute atomic E-state index is 0.211. The average Bonchev–Trinajstić information content (AvgIpc) is 2.85. The number of nitrogens with zero attached hydrogens (tertiary/aromatic N) is 1. The molecule has 0 amide bonds. The maximum atomic E-state index is 12.6. The molecule has 0 aromatic rings. The van der Waals surface area contributed by atoms with Crippen LogP contribution in [0.2, 0.25) is 0 Å². The van der Waals surface area contributed by atoms with Gasteiger partial charge >= 0.3 is 5.97 Å². The standard InChI is InChI=1S/C17H29NO3S/c1-6-8-11-17(15(19)21-13-7-2)12-9-10-14(17)18-22(20)16(3,4)5/h7H,2,6,8-13H2,1,3-5H3/b18-14+/t17-,22?/m1/s1. The summed E-state index contributed by atoms with van der Waals surface area (Å²) in [5, 5.41) is 0. The zero-order valence-electron chi connectivity index (χ0n) is 14.3. The van der Waals surface area contributed by atoms with E-state index in [2.05, 4.69) is 17.9 Å². The fourth-order valence-corrected chi connectivity index (χ4v) is 3.39. The van der Waals surface area contributed by atoms with Crippen molar-refractivity contribution in [3.63, 3.8) is 0 Å². The van der Waals surface area contributed by atoms with Crippen LogP contribution in [-0.2, 0) is 20.9 Å². The summed E-state index contributed by atoms with van der Waals surface area (Å²) >= 11 is -1.34. The van der Waals surface area contributed by atoms with Crippen LogP contribution in [0.3, 0.4) is 0 Å². The van der Waals surface area contributed by atoms with Gasteiger partial charge in [-0.15, -0.1) is 0 Å². The van der Waals surface area contributed by atoms with Gasteiger partial charge < -0.3 is 9.29 Å². The SMILES string of the molecule is C=CCOC(=O)[C@]1(CCCC)CCC/C1=N\[S+]([O-])C(C)(C)C. The minimum Gasteiger partial charge on any atom is -0.591 e. The van der Waals surface area contributed by atoms with E-state index >= 15 is 0 Å². The minimum atomic E-state index is -1.34. The second-order valence-electron chi connectivity index (χ2n) is 6.83. The Hall–Kier alpha value is -0.810. The summed E-state index contributed by atoms with van der Waals surface area (Å²) in [6.07, 6.45) is 6.60.